The van der Waals surface area contributed by atoms with Gasteiger partial charge in [-0.3, -0.25) is 9.59 Å². The first-order valence-electron chi connectivity index (χ1n) is 9.55. The highest BCUT2D eigenvalue weighted by molar-refractivity contribution is 7.89. The van der Waals surface area contributed by atoms with Gasteiger partial charge in [-0.25, -0.2) is 8.42 Å². The van der Waals surface area contributed by atoms with Gasteiger partial charge in [0.15, 0.2) is 0 Å². The number of piperidine rings is 1. The second kappa shape index (κ2) is 9.27. The Kier molecular flexibility index (Phi) is 6.73. The van der Waals surface area contributed by atoms with E-state index in [1.807, 2.05) is 24.3 Å². The number of nitrogens with one attached hydrogen (secondary N) is 1. The minimum absolute atomic E-state index is 0.111. The molecule has 1 aliphatic heterocycles. The fourth-order valence-electron chi connectivity index (χ4n) is 3.49. The number of nitrogens with zero attached hydrogens (tertiary/aromatic N) is 1. The molecule has 3 rings (SSSR count). The van der Waals surface area contributed by atoms with Crippen molar-refractivity contribution in [2.75, 3.05) is 26.7 Å². The topological polar surface area (TPSA) is 113 Å². The van der Waals surface area contributed by atoms with Gasteiger partial charge in [0.1, 0.15) is 12.3 Å². The Morgan fingerprint density at radius 3 is 2.20 bits per heavy atom. The molecular formula is C21H24N2O6S. The van der Waals surface area contributed by atoms with Gasteiger partial charge < -0.3 is 15.2 Å². The van der Waals surface area contributed by atoms with Crippen LogP contribution in [0.25, 0.3) is 0 Å². The van der Waals surface area contributed by atoms with Crippen molar-refractivity contribution in [2.45, 2.75) is 23.7 Å². The molecule has 0 saturated carbocycles. The van der Waals surface area contributed by atoms with E-state index in [0.29, 0.717) is 19.0 Å². The third-order valence-electron chi connectivity index (χ3n) is 5.20. The van der Waals surface area contributed by atoms with Crippen LogP contribution >= 0.6 is 0 Å². The summed E-state index contributed by atoms with van der Waals surface area (Å²) in [4.78, 5) is 22.5. The molecule has 1 aliphatic rings. The fourth-order valence-corrected chi connectivity index (χ4v) is 4.96. The van der Waals surface area contributed by atoms with Crippen LogP contribution in [0.15, 0.2) is 53.4 Å². The number of hydrogen-bond acceptors (Lipinski definition) is 5. The standard InChI is InChI=1S/C21H24N2O6S/c1-29-18-6-2-15(3-7-18)16-10-12-23(13-11-16)30(27,28)19-8-4-17(5-9-19)21(26)22-14-20(24)25/h2-9,16H,10-14H2,1H3,(H,22,26)(H,24,25). The van der Waals surface area contributed by atoms with Crippen molar-refractivity contribution in [1.82, 2.24) is 9.62 Å². The molecular weight excluding hydrogens is 408 g/mol. The second-order valence-electron chi connectivity index (χ2n) is 7.05. The van der Waals surface area contributed by atoms with E-state index < -0.39 is 28.4 Å². The highest BCUT2D eigenvalue weighted by Crippen LogP contribution is 2.31. The highest BCUT2D eigenvalue weighted by Gasteiger charge is 2.30. The lowest BCUT2D eigenvalue weighted by Gasteiger charge is -2.31. The van der Waals surface area contributed by atoms with Gasteiger partial charge in [-0.05, 0) is 60.7 Å². The van der Waals surface area contributed by atoms with E-state index in [0.717, 1.165) is 18.6 Å². The summed E-state index contributed by atoms with van der Waals surface area (Å²) in [5.41, 5.74) is 1.37. The molecule has 0 aliphatic carbocycles. The summed E-state index contributed by atoms with van der Waals surface area (Å²) in [6, 6.07) is 13.4. The summed E-state index contributed by atoms with van der Waals surface area (Å²) in [6.45, 7) is 0.335. The molecule has 0 radical (unpaired) electrons. The minimum atomic E-state index is -3.66. The fraction of sp³-hybridized carbons (Fsp3) is 0.333. The normalized spacial score (nSPS) is 15.5. The quantitative estimate of drug-likeness (QED) is 0.693. The van der Waals surface area contributed by atoms with Gasteiger partial charge in [-0.2, -0.15) is 4.31 Å². The predicted octanol–water partition coefficient (Wildman–Crippen LogP) is 2.08. The third-order valence-corrected chi connectivity index (χ3v) is 7.11. The Morgan fingerprint density at radius 1 is 1.07 bits per heavy atom. The van der Waals surface area contributed by atoms with Gasteiger partial charge in [0.2, 0.25) is 10.0 Å². The second-order valence-corrected chi connectivity index (χ2v) is 8.99. The number of aliphatic carboxylic acids is 1. The molecule has 160 valence electrons. The minimum Gasteiger partial charge on any atom is -0.497 e. The lowest BCUT2D eigenvalue weighted by atomic mass is 9.90. The summed E-state index contributed by atoms with van der Waals surface area (Å²) in [7, 11) is -2.04. The van der Waals surface area contributed by atoms with Crippen molar-refractivity contribution in [2.24, 2.45) is 0 Å². The molecule has 2 N–H and O–H groups in total. The van der Waals surface area contributed by atoms with Crippen molar-refractivity contribution in [1.29, 1.82) is 0 Å². The highest BCUT2D eigenvalue weighted by atomic mass is 32.2. The summed E-state index contributed by atoms with van der Waals surface area (Å²) >= 11 is 0. The number of sulfonamides is 1. The number of carboxylic acids is 1. The van der Waals surface area contributed by atoms with E-state index >= 15 is 0 Å². The van der Waals surface area contributed by atoms with Crippen LogP contribution < -0.4 is 10.1 Å². The van der Waals surface area contributed by atoms with Crippen molar-refractivity contribution < 1.29 is 27.9 Å². The first-order chi connectivity index (χ1) is 14.3. The predicted molar refractivity (Wildman–Crippen MR) is 110 cm³/mol. The largest absolute Gasteiger partial charge is 0.497 e. The SMILES string of the molecule is COc1ccc(C2CCN(S(=O)(=O)c3ccc(C(=O)NCC(=O)O)cc3)CC2)cc1. The summed E-state index contributed by atoms with van der Waals surface area (Å²) in [5.74, 6) is -0.635. The number of carboxylic acid groups (broad SMARTS) is 1. The van der Waals surface area contributed by atoms with Crippen LogP contribution in [0, 0.1) is 0 Å². The zero-order valence-electron chi connectivity index (χ0n) is 16.6. The van der Waals surface area contributed by atoms with Crippen LogP contribution in [-0.2, 0) is 14.8 Å². The summed E-state index contributed by atoms with van der Waals surface area (Å²) in [5, 5.41) is 10.9. The molecule has 30 heavy (non-hydrogen) atoms. The molecule has 0 bridgehead atoms. The Bertz CT molecular complexity index is 995. The van der Waals surface area contributed by atoms with Gasteiger partial charge in [-0.1, -0.05) is 12.1 Å². The first kappa shape index (κ1) is 21.8. The Labute approximate surface area is 175 Å². The lowest BCUT2D eigenvalue weighted by Crippen LogP contribution is -2.37. The average Bonchev–Trinajstić information content (AvgIpc) is 2.77. The molecule has 8 nitrogen and oxygen atoms in total. The van der Waals surface area contributed by atoms with E-state index in [2.05, 4.69) is 5.32 Å². The maximum atomic E-state index is 12.9. The van der Waals surface area contributed by atoms with Crippen molar-refractivity contribution in [3.05, 3.63) is 59.7 Å². The molecule has 9 heteroatoms. The molecule has 1 heterocycles. The molecule has 0 unspecified atom stereocenters. The number of hydrogen-bond donors (Lipinski definition) is 2. The smallest absolute Gasteiger partial charge is 0.322 e. The van der Waals surface area contributed by atoms with Gasteiger partial charge in [0, 0.05) is 18.7 Å². The molecule has 0 spiro atoms. The van der Waals surface area contributed by atoms with E-state index in [-0.39, 0.29) is 10.5 Å². The van der Waals surface area contributed by atoms with Gasteiger partial charge in [0.05, 0.1) is 12.0 Å². The number of methoxy groups -OCH3 is 1. The van der Waals surface area contributed by atoms with Gasteiger partial charge >= 0.3 is 5.97 Å². The maximum absolute atomic E-state index is 12.9. The molecule has 1 saturated heterocycles. The zero-order valence-corrected chi connectivity index (χ0v) is 17.4. The monoisotopic (exact) mass is 432 g/mol. The number of benzene rings is 2. The number of amides is 1. The number of carbonyl (C=O) groups excluding carboxylic acids is 1. The van der Waals surface area contributed by atoms with E-state index in [4.69, 9.17) is 9.84 Å². The van der Waals surface area contributed by atoms with Gasteiger partial charge in [0.25, 0.3) is 5.91 Å². The molecule has 1 fully saturated rings. The maximum Gasteiger partial charge on any atom is 0.322 e. The van der Waals surface area contributed by atoms with Gasteiger partial charge in [-0.15, -0.1) is 0 Å². The Balaban J connectivity index is 1.63. The summed E-state index contributed by atoms with van der Waals surface area (Å²) < 4.78 is 32.5. The number of rotatable bonds is 7. The van der Waals surface area contributed by atoms with Crippen LogP contribution in [0.5, 0.6) is 5.75 Å². The lowest BCUT2D eigenvalue weighted by molar-refractivity contribution is -0.135. The number of ether oxygens (including phenoxy) is 1. The first-order valence-corrected chi connectivity index (χ1v) is 11.0. The third kappa shape index (κ3) is 4.98. The van der Waals surface area contributed by atoms with E-state index in [9.17, 15) is 18.0 Å². The van der Waals surface area contributed by atoms with Crippen LogP contribution in [0.2, 0.25) is 0 Å². The molecule has 0 aromatic heterocycles. The van der Waals surface area contributed by atoms with E-state index in [1.54, 1.807) is 7.11 Å². The van der Waals surface area contributed by atoms with E-state index in [1.165, 1.54) is 34.1 Å². The Morgan fingerprint density at radius 2 is 1.67 bits per heavy atom. The van der Waals surface area contributed by atoms with Crippen LogP contribution in [0.1, 0.15) is 34.7 Å². The summed E-state index contributed by atoms with van der Waals surface area (Å²) in [6.07, 6.45) is 1.45. The van der Waals surface area contributed by atoms with Crippen molar-refractivity contribution >= 4 is 21.9 Å². The number of carbonyl (C=O) groups is 2. The zero-order chi connectivity index (χ0) is 21.7. The molecule has 1 amide bonds. The average molecular weight is 432 g/mol. The van der Waals surface area contributed by atoms with Crippen LogP contribution in [0.3, 0.4) is 0 Å². The van der Waals surface area contributed by atoms with Crippen molar-refractivity contribution in [3.8, 4) is 5.75 Å². The van der Waals surface area contributed by atoms with Crippen molar-refractivity contribution in [3.63, 3.8) is 0 Å². The van der Waals surface area contributed by atoms with Crippen LogP contribution in [0.4, 0.5) is 0 Å². The molecule has 0 atom stereocenters. The van der Waals surface area contributed by atoms with Crippen LogP contribution in [-0.4, -0.2) is 56.5 Å². The molecule has 2 aromatic rings. The molecule has 2 aromatic carbocycles. The Hall–Kier alpha value is -2.91.